The molecule has 0 bridgehead atoms. The lowest BCUT2D eigenvalue weighted by atomic mass is 9.91. The number of rotatable bonds is 10. The minimum atomic E-state index is -0.742. The van der Waals surface area contributed by atoms with Crippen LogP contribution < -0.4 is 14.2 Å². The van der Waals surface area contributed by atoms with E-state index in [9.17, 15) is 9.90 Å². The molecule has 0 saturated carbocycles. The molecule has 6 heteroatoms. The lowest BCUT2D eigenvalue weighted by Crippen LogP contribution is -2.41. The summed E-state index contributed by atoms with van der Waals surface area (Å²) in [6.45, 7) is 4.20. The van der Waals surface area contributed by atoms with Gasteiger partial charge in [0.05, 0.1) is 25.7 Å². The van der Waals surface area contributed by atoms with E-state index in [0.717, 1.165) is 35.4 Å². The van der Waals surface area contributed by atoms with Crippen molar-refractivity contribution in [1.82, 2.24) is 4.90 Å². The summed E-state index contributed by atoms with van der Waals surface area (Å²) in [6, 6.07) is 23.8. The maximum atomic E-state index is 11.8. The zero-order chi connectivity index (χ0) is 24.6. The molecule has 1 saturated heterocycles. The van der Waals surface area contributed by atoms with Gasteiger partial charge in [0.1, 0.15) is 12.4 Å². The molecule has 2 unspecified atom stereocenters. The summed E-state index contributed by atoms with van der Waals surface area (Å²) in [5, 5.41) is 9.70. The number of aliphatic carboxylic acids is 1. The molecule has 184 valence electrons. The molecule has 0 aromatic heterocycles. The molecule has 4 rings (SSSR count). The monoisotopic (exact) mass is 475 g/mol. The lowest BCUT2D eigenvalue weighted by Gasteiger charge is -2.38. The summed E-state index contributed by atoms with van der Waals surface area (Å²) in [4.78, 5) is 14.0. The van der Waals surface area contributed by atoms with Gasteiger partial charge in [-0.25, -0.2) is 0 Å². The first-order chi connectivity index (χ1) is 17.1. The number of hydrogen-bond acceptors (Lipinski definition) is 5. The van der Waals surface area contributed by atoms with Crippen molar-refractivity contribution in [2.24, 2.45) is 5.92 Å². The third kappa shape index (κ3) is 5.95. The summed E-state index contributed by atoms with van der Waals surface area (Å²) in [5.41, 5.74) is 3.09. The molecule has 0 radical (unpaired) electrons. The fourth-order valence-corrected chi connectivity index (χ4v) is 4.74. The summed E-state index contributed by atoms with van der Waals surface area (Å²) in [6.07, 6.45) is 1.53. The predicted molar refractivity (Wildman–Crippen MR) is 135 cm³/mol. The van der Waals surface area contributed by atoms with Crippen LogP contribution in [0.5, 0.6) is 17.2 Å². The highest BCUT2D eigenvalue weighted by atomic mass is 16.5. The second-order valence-electron chi connectivity index (χ2n) is 8.73. The van der Waals surface area contributed by atoms with E-state index >= 15 is 0 Å². The molecule has 2 atom stereocenters. The number of carboxylic acid groups (broad SMARTS) is 1. The summed E-state index contributed by atoms with van der Waals surface area (Å²) < 4.78 is 17.8. The first kappa shape index (κ1) is 24.6. The first-order valence-electron chi connectivity index (χ1n) is 12.1. The topological polar surface area (TPSA) is 68.2 Å². The maximum absolute atomic E-state index is 11.8. The number of carboxylic acids is 1. The number of para-hydroxylation sites is 1. The van der Waals surface area contributed by atoms with Crippen LogP contribution in [0.15, 0.2) is 72.8 Å². The number of likely N-dealkylation sites (tertiary alicyclic amines) is 1. The first-order valence-corrected chi connectivity index (χ1v) is 12.1. The molecule has 0 amide bonds. The fourth-order valence-electron chi connectivity index (χ4n) is 4.74. The molecule has 3 aromatic rings. The minimum absolute atomic E-state index is 0.171. The number of methoxy groups -OCH3 is 1. The molecule has 3 aromatic carbocycles. The van der Waals surface area contributed by atoms with Crippen LogP contribution in [0.2, 0.25) is 0 Å². The Morgan fingerprint density at radius 1 is 1.00 bits per heavy atom. The minimum Gasteiger partial charge on any atom is -0.496 e. The van der Waals surface area contributed by atoms with E-state index in [1.165, 1.54) is 0 Å². The fraction of sp³-hybridized carbons (Fsp3) is 0.345. The Morgan fingerprint density at radius 3 is 2.51 bits per heavy atom. The molecule has 0 spiro atoms. The maximum Gasteiger partial charge on any atom is 0.307 e. The third-order valence-corrected chi connectivity index (χ3v) is 6.42. The highest BCUT2D eigenvalue weighted by molar-refractivity contribution is 5.70. The van der Waals surface area contributed by atoms with Gasteiger partial charge in [0.2, 0.25) is 0 Å². The Morgan fingerprint density at radius 2 is 1.77 bits per heavy atom. The van der Waals surface area contributed by atoms with Gasteiger partial charge in [-0.15, -0.1) is 0 Å². The van der Waals surface area contributed by atoms with Crippen molar-refractivity contribution in [3.05, 3.63) is 89.5 Å². The molecule has 1 N–H and O–H groups in total. The standard InChI is InChI=1S/C29H33NO5/c1-3-34-27-18-22(15-16-26(27)35-20-21-10-5-4-6-11-21)28(24-13-7-8-14-25(24)33-2)30-17-9-12-23(19-30)29(31)32/h4-8,10-11,13-16,18,23,28H,3,9,12,17,19-20H2,1-2H3,(H,31,32). The third-order valence-electron chi connectivity index (χ3n) is 6.42. The summed E-state index contributed by atoms with van der Waals surface area (Å²) >= 11 is 0. The quantitative estimate of drug-likeness (QED) is 0.414. The number of nitrogens with zero attached hydrogens (tertiary/aromatic N) is 1. The van der Waals surface area contributed by atoms with Crippen molar-refractivity contribution in [3.8, 4) is 17.2 Å². The Hall–Kier alpha value is -3.51. The molecule has 1 aliphatic rings. The van der Waals surface area contributed by atoms with Crippen molar-refractivity contribution in [1.29, 1.82) is 0 Å². The van der Waals surface area contributed by atoms with Crippen molar-refractivity contribution in [3.63, 3.8) is 0 Å². The van der Waals surface area contributed by atoms with Gasteiger partial charge in [-0.3, -0.25) is 9.69 Å². The Balaban J connectivity index is 1.70. The van der Waals surface area contributed by atoms with Crippen molar-refractivity contribution < 1.29 is 24.1 Å². The smallest absolute Gasteiger partial charge is 0.307 e. The summed E-state index contributed by atoms with van der Waals surface area (Å²) in [5.74, 6) is 0.999. The van der Waals surface area contributed by atoms with Gasteiger partial charge in [-0.2, -0.15) is 0 Å². The SMILES string of the molecule is CCOc1cc(C(c2ccccc2OC)N2CCCC(C(=O)O)C2)ccc1OCc1ccccc1. The second kappa shape index (κ2) is 11.8. The van der Waals surface area contributed by atoms with Crippen LogP contribution in [-0.2, 0) is 11.4 Å². The van der Waals surface area contributed by atoms with E-state index in [1.807, 2.05) is 79.7 Å². The van der Waals surface area contributed by atoms with E-state index in [0.29, 0.717) is 37.7 Å². The zero-order valence-electron chi connectivity index (χ0n) is 20.4. The molecule has 35 heavy (non-hydrogen) atoms. The molecular formula is C29H33NO5. The van der Waals surface area contributed by atoms with Crippen molar-refractivity contribution in [2.75, 3.05) is 26.8 Å². The number of carbonyl (C=O) groups is 1. The van der Waals surface area contributed by atoms with Gasteiger partial charge in [-0.05, 0) is 55.6 Å². The molecular weight excluding hydrogens is 442 g/mol. The van der Waals surface area contributed by atoms with Crippen molar-refractivity contribution >= 4 is 5.97 Å². The Kier molecular flexibility index (Phi) is 8.27. The van der Waals surface area contributed by atoms with E-state index in [1.54, 1.807) is 7.11 Å². The van der Waals surface area contributed by atoms with Gasteiger partial charge >= 0.3 is 5.97 Å². The van der Waals surface area contributed by atoms with Crippen LogP contribution in [0.4, 0.5) is 0 Å². The second-order valence-corrected chi connectivity index (χ2v) is 8.73. The average Bonchev–Trinajstić information content (AvgIpc) is 2.89. The van der Waals surface area contributed by atoms with Gasteiger partial charge in [0.25, 0.3) is 0 Å². The van der Waals surface area contributed by atoms with Crippen LogP contribution in [0, 0.1) is 5.92 Å². The van der Waals surface area contributed by atoms with Crippen molar-refractivity contribution in [2.45, 2.75) is 32.4 Å². The van der Waals surface area contributed by atoms with Crippen LogP contribution in [0.25, 0.3) is 0 Å². The predicted octanol–water partition coefficient (Wildman–Crippen LogP) is 5.56. The zero-order valence-corrected chi connectivity index (χ0v) is 20.4. The highest BCUT2D eigenvalue weighted by Crippen LogP contribution is 2.40. The number of ether oxygens (including phenoxy) is 3. The largest absolute Gasteiger partial charge is 0.496 e. The number of benzene rings is 3. The normalized spacial score (nSPS) is 16.9. The Bertz CT molecular complexity index is 1120. The Labute approximate surface area is 207 Å². The summed E-state index contributed by atoms with van der Waals surface area (Å²) in [7, 11) is 1.66. The van der Waals surface area contributed by atoms with Gasteiger partial charge < -0.3 is 19.3 Å². The van der Waals surface area contributed by atoms with Crippen LogP contribution in [0.1, 0.15) is 42.5 Å². The molecule has 6 nitrogen and oxygen atoms in total. The van der Waals surface area contributed by atoms with Gasteiger partial charge in [0.15, 0.2) is 11.5 Å². The molecule has 0 aliphatic carbocycles. The van der Waals surface area contributed by atoms with E-state index in [4.69, 9.17) is 14.2 Å². The molecule has 1 fully saturated rings. The van der Waals surface area contributed by atoms with E-state index in [2.05, 4.69) is 4.90 Å². The van der Waals surface area contributed by atoms with E-state index < -0.39 is 5.97 Å². The van der Waals surface area contributed by atoms with Crippen LogP contribution in [0.3, 0.4) is 0 Å². The molecule has 1 heterocycles. The lowest BCUT2D eigenvalue weighted by molar-refractivity contribution is -0.143. The van der Waals surface area contributed by atoms with Gasteiger partial charge in [0, 0.05) is 12.1 Å². The number of piperidine rings is 1. The highest BCUT2D eigenvalue weighted by Gasteiger charge is 2.33. The van der Waals surface area contributed by atoms with Crippen LogP contribution in [-0.4, -0.2) is 42.8 Å². The molecule has 1 aliphatic heterocycles. The van der Waals surface area contributed by atoms with E-state index in [-0.39, 0.29) is 12.0 Å². The average molecular weight is 476 g/mol. The van der Waals surface area contributed by atoms with Gasteiger partial charge in [-0.1, -0.05) is 54.6 Å². The van der Waals surface area contributed by atoms with Crippen LogP contribution >= 0.6 is 0 Å². The number of hydrogen-bond donors (Lipinski definition) is 1.